The molecule has 0 saturated carbocycles. The van der Waals surface area contributed by atoms with Gasteiger partial charge in [-0.2, -0.15) is 0 Å². The zero-order valence-corrected chi connectivity index (χ0v) is 17.3. The minimum atomic E-state index is -0.336. The molecule has 0 aliphatic heterocycles. The van der Waals surface area contributed by atoms with Crippen molar-refractivity contribution in [1.29, 1.82) is 0 Å². The molecule has 2 rings (SSSR count). The summed E-state index contributed by atoms with van der Waals surface area (Å²) in [4.78, 5) is 11.5. The normalized spacial score (nSPS) is 11.8. The van der Waals surface area contributed by atoms with Gasteiger partial charge in [0, 0.05) is 11.1 Å². The van der Waals surface area contributed by atoms with Crippen molar-refractivity contribution in [2.24, 2.45) is 5.41 Å². The van der Waals surface area contributed by atoms with Crippen molar-refractivity contribution in [3.8, 4) is 11.3 Å². The molecule has 1 aromatic heterocycles. The van der Waals surface area contributed by atoms with Crippen LogP contribution in [0.25, 0.3) is 11.3 Å². The van der Waals surface area contributed by atoms with E-state index in [9.17, 15) is 4.79 Å². The average molecular weight is 380 g/mol. The number of hydrogen-bond acceptors (Lipinski definition) is 4. The van der Waals surface area contributed by atoms with Gasteiger partial charge < -0.3 is 14.5 Å². The predicted octanol–water partition coefficient (Wildman–Crippen LogP) is 5.46. The van der Waals surface area contributed by atoms with E-state index < -0.39 is 0 Å². The summed E-state index contributed by atoms with van der Waals surface area (Å²) in [5, 5.41) is 3.57. The van der Waals surface area contributed by atoms with Crippen molar-refractivity contribution in [3.05, 3.63) is 47.7 Å². The highest BCUT2D eigenvalue weighted by Crippen LogP contribution is 2.28. The molecule has 1 aromatic carbocycles. The lowest BCUT2D eigenvalue weighted by molar-refractivity contribution is 0.0600. The molecule has 0 bridgehead atoms. The molecule has 0 radical (unpaired) electrons. The maximum absolute atomic E-state index is 11.5. The molecule has 0 atom stereocenters. The molecule has 0 unspecified atom stereocenters. The van der Waals surface area contributed by atoms with Gasteiger partial charge in [0.2, 0.25) is 0 Å². The highest BCUT2D eigenvalue weighted by Gasteiger charge is 2.25. The third kappa shape index (κ3) is 6.50. The van der Waals surface area contributed by atoms with Crippen LogP contribution in [0.5, 0.6) is 0 Å². The predicted molar refractivity (Wildman–Crippen MR) is 108 cm³/mol. The van der Waals surface area contributed by atoms with Crippen LogP contribution in [0.3, 0.4) is 0 Å². The third-order valence-corrected chi connectivity index (χ3v) is 3.97. The smallest absolute Gasteiger partial charge is 0.337 e. The average Bonchev–Trinajstić information content (AvgIpc) is 2.99. The van der Waals surface area contributed by atoms with Gasteiger partial charge >= 0.3 is 5.97 Å². The number of ether oxygens (including phenoxy) is 1. The highest BCUT2D eigenvalue weighted by molar-refractivity contribution is 5.89. The molecule has 0 amide bonds. The molecular weight excluding hydrogens is 350 g/mol. The Balaban J connectivity index is 0.00000338. The number of esters is 1. The summed E-state index contributed by atoms with van der Waals surface area (Å²) >= 11 is 0. The zero-order valence-electron chi connectivity index (χ0n) is 16.5. The fraction of sp³-hybridized carbons (Fsp3) is 0.476. The van der Waals surface area contributed by atoms with E-state index in [1.165, 1.54) is 7.11 Å². The first kappa shape index (κ1) is 22.3. The molecular formula is C21H30ClNO3. The van der Waals surface area contributed by atoms with Crippen LogP contribution in [-0.4, -0.2) is 18.6 Å². The first-order chi connectivity index (χ1) is 11.6. The van der Waals surface area contributed by atoms with Crippen molar-refractivity contribution in [1.82, 2.24) is 5.32 Å². The van der Waals surface area contributed by atoms with Crippen molar-refractivity contribution in [3.63, 3.8) is 0 Å². The number of methoxy groups -OCH3 is 1. The fourth-order valence-corrected chi connectivity index (χ4v) is 3.23. The number of rotatable bonds is 6. The molecule has 1 heterocycles. The number of nitrogens with one attached hydrogen (secondary N) is 1. The molecule has 26 heavy (non-hydrogen) atoms. The quantitative estimate of drug-likeness (QED) is 0.677. The highest BCUT2D eigenvalue weighted by atomic mass is 35.5. The monoisotopic (exact) mass is 379 g/mol. The molecule has 0 aliphatic carbocycles. The van der Waals surface area contributed by atoms with Crippen LogP contribution >= 0.6 is 12.4 Å². The van der Waals surface area contributed by atoms with Crippen molar-refractivity contribution in [2.75, 3.05) is 7.11 Å². The van der Waals surface area contributed by atoms with Crippen LogP contribution in [-0.2, 0) is 11.3 Å². The second-order valence-electron chi connectivity index (χ2n) is 8.31. The largest absolute Gasteiger partial charge is 0.465 e. The van der Waals surface area contributed by atoms with Crippen LogP contribution in [0.1, 0.15) is 57.2 Å². The molecule has 1 N–H and O–H groups in total. The fourth-order valence-electron chi connectivity index (χ4n) is 3.23. The molecule has 0 spiro atoms. The Morgan fingerprint density at radius 1 is 1.04 bits per heavy atom. The first-order valence-electron chi connectivity index (χ1n) is 8.62. The summed E-state index contributed by atoms with van der Waals surface area (Å²) in [6.07, 6.45) is 1.07. The Morgan fingerprint density at radius 2 is 1.65 bits per heavy atom. The number of furan rings is 1. The number of benzene rings is 1. The van der Waals surface area contributed by atoms with Crippen LogP contribution in [0.2, 0.25) is 0 Å². The Kier molecular flexibility index (Phi) is 7.48. The third-order valence-electron chi connectivity index (χ3n) is 3.97. The molecule has 5 heteroatoms. The lowest BCUT2D eigenvalue weighted by Crippen LogP contribution is -2.41. The van der Waals surface area contributed by atoms with Crippen molar-refractivity contribution in [2.45, 2.75) is 53.1 Å². The Bertz CT molecular complexity index is 712. The Labute approximate surface area is 162 Å². The number of halogens is 1. The van der Waals surface area contributed by atoms with Gasteiger partial charge in [0.25, 0.3) is 0 Å². The van der Waals surface area contributed by atoms with Crippen LogP contribution in [0, 0.1) is 5.41 Å². The van der Waals surface area contributed by atoms with E-state index in [0.717, 1.165) is 23.5 Å². The standard InChI is InChI=1S/C21H29NO3.ClH/c1-20(2,3)14-21(4,5)22-13-17-11-12-18(25-17)15-7-9-16(10-8-15)19(23)24-6;/h7-12,22H,13-14H2,1-6H3;1H. The van der Waals surface area contributed by atoms with Gasteiger partial charge in [0.1, 0.15) is 11.5 Å². The minimum Gasteiger partial charge on any atom is -0.465 e. The van der Waals surface area contributed by atoms with Crippen molar-refractivity contribution < 1.29 is 13.9 Å². The molecule has 2 aromatic rings. The Hall–Kier alpha value is -1.78. The summed E-state index contributed by atoms with van der Waals surface area (Å²) < 4.78 is 10.7. The van der Waals surface area contributed by atoms with Gasteiger partial charge in [-0.3, -0.25) is 0 Å². The lowest BCUT2D eigenvalue weighted by Gasteiger charge is -2.33. The molecule has 144 valence electrons. The minimum absolute atomic E-state index is 0. The first-order valence-corrected chi connectivity index (χ1v) is 8.62. The van der Waals surface area contributed by atoms with Gasteiger partial charge in [-0.05, 0) is 49.9 Å². The molecule has 4 nitrogen and oxygen atoms in total. The van der Waals surface area contributed by atoms with E-state index in [0.29, 0.717) is 12.1 Å². The number of hydrogen-bond donors (Lipinski definition) is 1. The van der Waals surface area contributed by atoms with Gasteiger partial charge in [-0.15, -0.1) is 12.4 Å². The second-order valence-corrected chi connectivity index (χ2v) is 8.31. The van der Waals surface area contributed by atoms with Crippen LogP contribution < -0.4 is 5.32 Å². The van der Waals surface area contributed by atoms with Crippen LogP contribution in [0.15, 0.2) is 40.8 Å². The summed E-state index contributed by atoms with van der Waals surface area (Å²) in [5.41, 5.74) is 1.77. The van der Waals surface area contributed by atoms with E-state index >= 15 is 0 Å². The molecule has 0 aliphatic rings. The van der Waals surface area contributed by atoms with E-state index in [1.807, 2.05) is 24.3 Å². The molecule has 0 saturated heterocycles. The number of carbonyl (C=O) groups is 1. The SMILES string of the molecule is COC(=O)c1ccc(-c2ccc(CNC(C)(C)CC(C)(C)C)o2)cc1.Cl. The topological polar surface area (TPSA) is 51.5 Å². The summed E-state index contributed by atoms with van der Waals surface area (Å²) in [5.74, 6) is 1.35. The lowest BCUT2D eigenvalue weighted by atomic mass is 9.82. The van der Waals surface area contributed by atoms with E-state index in [1.54, 1.807) is 12.1 Å². The Morgan fingerprint density at radius 3 is 2.19 bits per heavy atom. The zero-order chi connectivity index (χ0) is 18.7. The van der Waals surface area contributed by atoms with Crippen molar-refractivity contribution >= 4 is 18.4 Å². The maximum atomic E-state index is 11.5. The summed E-state index contributed by atoms with van der Waals surface area (Å²) in [7, 11) is 1.38. The van der Waals surface area contributed by atoms with E-state index in [-0.39, 0.29) is 29.3 Å². The van der Waals surface area contributed by atoms with Gasteiger partial charge in [-0.1, -0.05) is 32.9 Å². The van der Waals surface area contributed by atoms with E-state index in [4.69, 9.17) is 9.15 Å². The number of carbonyl (C=O) groups excluding carboxylic acids is 1. The van der Waals surface area contributed by atoms with Crippen LogP contribution in [0.4, 0.5) is 0 Å². The van der Waals surface area contributed by atoms with Gasteiger partial charge in [0.15, 0.2) is 0 Å². The van der Waals surface area contributed by atoms with E-state index in [2.05, 4.69) is 39.9 Å². The van der Waals surface area contributed by atoms with Gasteiger partial charge in [-0.25, -0.2) is 4.79 Å². The summed E-state index contributed by atoms with van der Waals surface area (Å²) in [6, 6.07) is 11.2. The molecule has 0 fully saturated rings. The maximum Gasteiger partial charge on any atom is 0.337 e. The van der Waals surface area contributed by atoms with Gasteiger partial charge in [0.05, 0.1) is 19.2 Å². The summed E-state index contributed by atoms with van der Waals surface area (Å²) in [6.45, 7) is 11.9. The second kappa shape index (κ2) is 8.74.